The van der Waals surface area contributed by atoms with Crippen LogP contribution in [-0.4, -0.2) is 73.3 Å². The molecule has 0 amide bonds. The molecule has 1 heterocycles. The van der Waals surface area contributed by atoms with Crippen LogP contribution in [0.2, 0.25) is 0 Å². The highest BCUT2D eigenvalue weighted by Gasteiger charge is 2.43. The molecule has 16 heteroatoms. The first-order valence-corrected chi connectivity index (χ1v) is 25.7. The molecule has 1 aliphatic heterocycles. The molecule has 4 aromatic carbocycles. The summed E-state index contributed by atoms with van der Waals surface area (Å²) in [6, 6.07) is 39.0. The number of hydrogen-bond donors (Lipinski definition) is 4. The molecule has 56 heavy (non-hydrogen) atoms. The zero-order valence-electron chi connectivity index (χ0n) is 31.9. The SMILES string of the molecule is OCCCCOP1(c2ccccc2)=NP(OCCCCO)(c2ccccc2)=NP(OCCCCO)(c2ccccc2)=NP(OCCCCO)(c2ccccc2)=N1. The summed E-state index contributed by atoms with van der Waals surface area (Å²) >= 11 is 0. The van der Waals surface area contributed by atoms with Crippen LogP contribution in [0.1, 0.15) is 51.4 Å². The van der Waals surface area contributed by atoms with Gasteiger partial charge in [0.05, 0.1) is 26.4 Å². The first-order valence-electron chi connectivity index (χ1n) is 19.3. The Morgan fingerprint density at radius 1 is 0.304 bits per heavy atom. The van der Waals surface area contributed by atoms with Gasteiger partial charge in [0.25, 0.3) is 0 Å². The number of nitrogens with zero attached hydrogens (tertiary/aromatic N) is 4. The molecule has 0 unspecified atom stereocenters. The van der Waals surface area contributed by atoms with Crippen LogP contribution in [0.15, 0.2) is 139 Å². The van der Waals surface area contributed by atoms with E-state index in [-0.39, 0.29) is 52.9 Å². The van der Waals surface area contributed by atoms with Crippen molar-refractivity contribution in [2.24, 2.45) is 18.1 Å². The van der Waals surface area contributed by atoms with Gasteiger partial charge in [0.2, 0.25) is 29.7 Å². The summed E-state index contributed by atoms with van der Waals surface area (Å²) in [4.78, 5) is 0. The third-order valence-corrected chi connectivity index (χ3v) is 22.4. The topological polar surface area (TPSA) is 167 Å². The molecule has 12 nitrogen and oxygen atoms in total. The average molecular weight is 845 g/mol. The summed E-state index contributed by atoms with van der Waals surface area (Å²) < 4.78 is 51.7. The Hall–Kier alpha value is -2.52. The van der Waals surface area contributed by atoms with Crippen molar-refractivity contribution in [3.8, 4) is 0 Å². The van der Waals surface area contributed by atoms with Crippen LogP contribution in [0.4, 0.5) is 0 Å². The van der Waals surface area contributed by atoms with Crippen LogP contribution in [0.25, 0.3) is 0 Å². The minimum atomic E-state index is -3.56. The first-order chi connectivity index (χ1) is 27.5. The molecule has 4 N–H and O–H groups in total. The molecule has 0 spiro atoms. The number of rotatable bonds is 24. The Kier molecular flexibility index (Phi) is 18.4. The third-order valence-electron chi connectivity index (χ3n) is 8.64. The molecular weight excluding hydrogens is 788 g/mol. The van der Waals surface area contributed by atoms with Crippen molar-refractivity contribution in [2.75, 3.05) is 52.9 Å². The highest BCUT2D eigenvalue weighted by Crippen LogP contribution is 2.79. The minimum Gasteiger partial charge on any atom is -0.396 e. The Labute approximate surface area is 332 Å². The molecule has 0 bridgehead atoms. The second-order valence-corrected chi connectivity index (χ2v) is 23.2. The van der Waals surface area contributed by atoms with E-state index in [0.29, 0.717) is 51.4 Å². The number of aliphatic hydroxyl groups is 4. The lowest BCUT2D eigenvalue weighted by Gasteiger charge is -2.36. The fraction of sp³-hybridized carbons (Fsp3) is 0.400. The zero-order valence-corrected chi connectivity index (χ0v) is 35.4. The number of benzene rings is 4. The Morgan fingerprint density at radius 2 is 0.500 bits per heavy atom. The van der Waals surface area contributed by atoms with Crippen molar-refractivity contribution in [1.29, 1.82) is 0 Å². The van der Waals surface area contributed by atoms with E-state index in [1.54, 1.807) is 0 Å². The van der Waals surface area contributed by atoms with Crippen LogP contribution < -0.4 is 21.2 Å². The number of aliphatic hydroxyl groups excluding tert-OH is 4. The van der Waals surface area contributed by atoms with Crippen LogP contribution >= 0.6 is 29.7 Å². The van der Waals surface area contributed by atoms with E-state index < -0.39 is 29.7 Å². The molecule has 0 saturated carbocycles. The van der Waals surface area contributed by atoms with Gasteiger partial charge in [-0.25, -0.2) is 0 Å². The fourth-order valence-corrected chi connectivity index (χ4v) is 22.2. The van der Waals surface area contributed by atoms with Crippen molar-refractivity contribution in [2.45, 2.75) is 51.4 Å². The van der Waals surface area contributed by atoms with Gasteiger partial charge in [-0.05, 0) is 99.9 Å². The third kappa shape index (κ3) is 11.8. The van der Waals surface area contributed by atoms with E-state index >= 15 is 0 Å². The summed E-state index contributed by atoms with van der Waals surface area (Å²) in [5, 5.41) is 42.0. The monoisotopic (exact) mass is 844 g/mol. The summed E-state index contributed by atoms with van der Waals surface area (Å²) in [6.45, 7) is 1.02. The molecule has 0 saturated heterocycles. The average Bonchev–Trinajstić information content (AvgIpc) is 3.24. The molecule has 0 fully saturated rings. The minimum absolute atomic E-state index is 0.0145. The van der Waals surface area contributed by atoms with E-state index in [1.807, 2.05) is 121 Å². The molecule has 0 radical (unpaired) electrons. The summed E-state index contributed by atoms with van der Waals surface area (Å²) in [7, 11) is -14.3. The maximum Gasteiger partial charge on any atom is 0.237 e. The predicted molar refractivity (Wildman–Crippen MR) is 231 cm³/mol. The van der Waals surface area contributed by atoms with Gasteiger partial charge < -0.3 is 38.5 Å². The van der Waals surface area contributed by atoms with Crippen molar-refractivity contribution in [3.05, 3.63) is 121 Å². The largest absolute Gasteiger partial charge is 0.396 e. The lowest BCUT2D eigenvalue weighted by Crippen LogP contribution is -2.17. The van der Waals surface area contributed by atoms with Gasteiger partial charge in [0, 0.05) is 47.6 Å². The lowest BCUT2D eigenvalue weighted by molar-refractivity contribution is 0.258. The van der Waals surface area contributed by atoms with Crippen molar-refractivity contribution < 1.29 is 38.5 Å². The molecule has 0 aromatic heterocycles. The predicted octanol–water partition coefficient (Wildman–Crippen LogP) is 8.58. The molecule has 304 valence electrons. The normalized spacial score (nSPS) is 23.5. The van der Waals surface area contributed by atoms with E-state index in [4.69, 9.17) is 36.2 Å². The second-order valence-electron chi connectivity index (χ2n) is 12.9. The molecule has 0 aliphatic carbocycles. The zero-order chi connectivity index (χ0) is 39.4. The molecule has 1 aliphatic rings. The van der Waals surface area contributed by atoms with Crippen LogP contribution in [0, 0.1) is 0 Å². The summed E-state index contributed by atoms with van der Waals surface area (Å²) in [5.74, 6) is 0. The quantitative estimate of drug-likeness (QED) is 0.0402. The lowest BCUT2D eigenvalue weighted by atomic mass is 10.3. The van der Waals surface area contributed by atoms with Gasteiger partial charge in [-0.15, -0.1) is 0 Å². The maximum absolute atomic E-state index is 9.77. The van der Waals surface area contributed by atoms with E-state index in [0.717, 1.165) is 21.2 Å². The summed E-state index contributed by atoms with van der Waals surface area (Å²) in [5.41, 5.74) is 0. The molecule has 0 atom stereocenters. The van der Waals surface area contributed by atoms with E-state index in [2.05, 4.69) is 0 Å². The number of hydrogen-bond acceptors (Lipinski definition) is 12. The molecule has 4 aromatic rings. The highest BCUT2D eigenvalue weighted by atomic mass is 31.3. The van der Waals surface area contributed by atoms with Gasteiger partial charge in [0.15, 0.2) is 0 Å². The Bertz CT molecular complexity index is 1670. The Morgan fingerprint density at radius 3 is 0.679 bits per heavy atom. The number of unbranched alkanes of at least 4 members (excludes halogenated alkanes) is 4. The van der Waals surface area contributed by atoms with Crippen LogP contribution in [-0.2, 0) is 18.1 Å². The van der Waals surface area contributed by atoms with Gasteiger partial charge >= 0.3 is 0 Å². The van der Waals surface area contributed by atoms with Crippen molar-refractivity contribution >= 4 is 50.9 Å². The Balaban J connectivity index is 2.03. The highest BCUT2D eigenvalue weighted by molar-refractivity contribution is 7.90. The molecular formula is C40H56N4O8P4. The van der Waals surface area contributed by atoms with Crippen molar-refractivity contribution in [1.82, 2.24) is 0 Å². The first kappa shape index (κ1) is 44.6. The van der Waals surface area contributed by atoms with E-state index in [1.165, 1.54) is 0 Å². The van der Waals surface area contributed by atoms with Gasteiger partial charge in [-0.1, -0.05) is 72.8 Å². The second kappa shape index (κ2) is 23.2. The standard InChI is InChI=1S/C40H56N4O8P4/c45-29-13-17-33-49-53(37-21-5-1-6-22-37)41-54(50-34-18-14-30-46,38-23-7-2-8-24-38)43-56(52-36-20-16-32-48,40-27-11-4-12-28-40)44-55(42-53,51-35-19-15-31-47)39-25-9-3-10-26-39/h1-12,21-28,45-48H,13-20,29-36H2. The van der Waals surface area contributed by atoms with Gasteiger partial charge in [-0.2, -0.15) is 18.1 Å². The van der Waals surface area contributed by atoms with Crippen LogP contribution in [0.5, 0.6) is 0 Å². The van der Waals surface area contributed by atoms with E-state index in [9.17, 15) is 20.4 Å². The summed E-state index contributed by atoms with van der Waals surface area (Å²) in [6.07, 6.45) is 4.34. The van der Waals surface area contributed by atoms with Gasteiger partial charge in [-0.3, -0.25) is 0 Å². The molecule has 5 rings (SSSR count). The maximum atomic E-state index is 9.77. The van der Waals surface area contributed by atoms with Crippen molar-refractivity contribution in [3.63, 3.8) is 0 Å². The van der Waals surface area contributed by atoms with Gasteiger partial charge in [0.1, 0.15) is 0 Å². The van der Waals surface area contributed by atoms with Crippen LogP contribution in [0.3, 0.4) is 0 Å². The fourth-order valence-electron chi connectivity index (χ4n) is 5.76. The smallest absolute Gasteiger partial charge is 0.237 e.